The van der Waals surface area contributed by atoms with E-state index in [-0.39, 0.29) is 31.1 Å². The van der Waals surface area contributed by atoms with Gasteiger partial charge in [-0.15, -0.1) is 0 Å². The van der Waals surface area contributed by atoms with E-state index in [4.69, 9.17) is 14.2 Å². The number of rotatable bonds is 56. The van der Waals surface area contributed by atoms with Gasteiger partial charge >= 0.3 is 17.9 Å². The number of esters is 3. The van der Waals surface area contributed by atoms with Gasteiger partial charge in [-0.1, -0.05) is 290 Å². The Bertz CT molecular complexity index is 1040. The summed E-state index contributed by atoms with van der Waals surface area (Å²) in [5.74, 6) is -0.847. The third-order valence-corrected chi connectivity index (χ3v) is 13.8. The molecule has 0 aliphatic heterocycles. The van der Waals surface area contributed by atoms with E-state index in [1.807, 2.05) is 0 Å². The van der Waals surface area contributed by atoms with Crippen molar-refractivity contribution in [1.29, 1.82) is 0 Å². The van der Waals surface area contributed by atoms with Gasteiger partial charge in [0.2, 0.25) is 0 Å². The number of unbranched alkanes of at least 4 members (excludes halogenated alkanes) is 43. The van der Waals surface area contributed by atoms with E-state index >= 15 is 0 Å². The molecule has 0 fully saturated rings. The SMILES string of the molecule is CCCCCCCCCC/C=C\CCCCCCCCCCCCCCCCCCCC(=O)OCC(COC(=O)CCCCCCCCCC)OC(=O)CCCCCCCCCCCCCC. The molecule has 0 bridgehead atoms. The van der Waals surface area contributed by atoms with Crippen LogP contribution in [0.3, 0.4) is 0 Å². The van der Waals surface area contributed by atoms with Gasteiger partial charge < -0.3 is 14.2 Å². The molecule has 396 valence electrons. The number of hydrogen-bond acceptors (Lipinski definition) is 6. The number of carbonyl (C=O) groups is 3. The molecule has 6 nitrogen and oxygen atoms in total. The van der Waals surface area contributed by atoms with Crippen LogP contribution in [0.15, 0.2) is 12.2 Å². The molecule has 0 saturated heterocycles. The molecule has 0 aromatic heterocycles. The average molecular weight is 946 g/mol. The minimum atomic E-state index is -0.761. The number of ether oxygens (including phenoxy) is 3. The molecule has 0 aromatic rings. The minimum absolute atomic E-state index is 0.0637. The number of allylic oxidation sites excluding steroid dienone is 2. The summed E-state index contributed by atoms with van der Waals surface area (Å²) in [5, 5.41) is 0. The molecule has 0 aliphatic rings. The summed E-state index contributed by atoms with van der Waals surface area (Å²) in [5.41, 5.74) is 0. The van der Waals surface area contributed by atoms with Crippen LogP contribution in [0.4, 0.5) is 0 Å². The first kappa shape index (κ1) is 65.1. The highest BCUT2D eigenvalue weighted by Crippen LogP contribution is 2.17. The summed E-state index contributed by atoms with van der Waals surface area (Å²) in [7, 11) is 0. The van der Waals surface area contributed by atoms with E-state index in [9.17, 15) is 14.4 Å². The zero-order valence-electron chi connectivity index (χ0n) is 45.5. The predicted octanol–water partition coefficient (Wildman–Crippen LogP) is 20.1. The van der Waals surface area contributed by atoms with E-state index in [0.29, 0.717) is 19.3 Å². The summed E-state index contributed by atoms with van der Waals surface area (Å²) in [6.45, 7) is 6.65. The van der Waals surface area contributed by atoms with Crippen molar-refractivity contribution < 1.29 is 28.6 Å². The molecule has 0 heterocycles. The first-order valence-corrected chi connectivity index (χ1v) is 30.2. The van der Waals surface area contributed by atoms with Gasteiger partial charge in [0.1, 0.15) is 13.2 Å². The normalized spacial score (nSPS) is 12.0. The summed E-state index contributed by atoms with van der Waals surface area (Å²) < 4.78 is 16.8. The van der Waals surface area contributed by atoms with Gasteiger partial charge in [-0.3, -0.25) is 14.4 Å². The van der Waals surface area contributed by atoms with Crippen LogP contribution >= 0.6 is 0 Å². The van der Waals surface area contributed by atoms with Crippen LogP contribution in [-0.2, 0) is 28.6 Å². The fourth-order valence-electron chi connectivity index (χ4n) is 9.21. The standard InChI is InChI=1S/C61H116O6/c1-4-7-10-13-16-19-21-23-24-25-26-27-28-29-30-31-32-33-34-35-36-37-38-39-41-42-45-48-51-54-60(63)66-57-58(56-65-59(62)53-50-47-44-18-15-12-9-6-3)67-61(64)55-52-49-46-43-40-22-20-17-14-11-8-5-2/h25-26,58H,4-24,27-57H2,1-3H3/b26-25-. The van der Waals surface area contributed by atoms with E-state index in [0.717, 1.165) is 57.8 Å². The molecule has 0 radical (unpaired) electrons. The Hall–Kier alpha value is -1.85. The molecule has 6 heteroatoms. The van der Waals surface area contributed by atoms with Crippen molar-refractivity contribution in [3.8, 4) is 0 Å². The second-order valence-electron chi connectivity index (χ2n) is 20.6. The minimum Gasteiger partial charge on any atom is -0.462 e. The maximum atomic E-state index is 12.8. The Balaban J connectivity index is 3.99. The van der Waals surface area contributed by atoms with Gasteiger partial charge in [-0.05, 0) is 44.9 Å². The first-order valence-electron chi connectivity index (χ1n) is 30.2. The Morgan fingerprint density at radius 1 is 0.284 bits per heavy atom. The molecule has 1 atom stereocenters. The molecule has 0 spiro atoms. The smallest absolute Gasteiger partial charge is 0.306 e. The van der Waals surface area contributed by atoms with Crippen molar-refractivity contribution in [2.75, 3.05) is 13.2 Å². The van der Waals surface area contributed by atoms with Crippen LogP contribution in [0, 0.1) is 0 Å². The third kappa shape index (κ3) is 55.0. The molecule has 0 rings (SSSR count). The maximum Gasteiger partial charge on any atom is 0.306 e. The summed E-state index contributed by atoms with van der Waals surface area (Å²) in [4.78, 5) is 37.9. The van der Waals surface area contributed by atoms with Crippen molar-refractivity contribution in [2.45, 2.75) is 348 Å². The largest absolute Gasteiger partial charge is 0.462 e. The summed E-state index contributed by atoms with van der Waals surface area (Å²) in [6, 6.07) is 0. The molecule has 0 aliphatic carbocycles. The monoisotopic (exact) mass is 945 g/mol. The van der Waals surface area contributed by atoms with Crippen molar-refractivity contribution >= 4 is 17.9 Å². The third-order valence-electron chi connectivity index (χ3n) is 13.8. The van der Waals surface area contributed by atoms with Gasteiger partial charge in [0.05, 0.1) is 0 Å². The van der Waals surface area contributed by atoms with Gasteiger partial charge in [0.15, 0.2) is 6.10 Å². The molecular weight excluding hydrogens is 829 g/mol. The molecule has 0 N–H and O–H groups in total. The van der Waals surface area contributed by atoms with E-state index < -0.39 is 6.10 Å². The summed E-state index contributed by atoms with van der Waals surface area (Å²) >= 11 is 0. The zero-order chi connectivity index (χ0) is 48.6. The van der Waals surface area contributed by atoms with Gasteiger partial charge in [-0.2, -0.15) is 0 Å². The van der Waals surface area contributed by atoms with E-state index in [2.05, 4.69) is 32.9 Å². The molecule has 0 aromatic carbocycles. The Morgan fingerprint density at radius 2 is 0.493 bits per heavy atom. The second kappa shape index (κ2) is 56.7. The van der Waals surface area contributed by atoms with E-state index in [1.54, 1.807) is 0 Å². The van der Waals surface area contributed by atoms with Gasteiger partial charge in [0, 0.05) is 19.3 Å². The van der Waals surface area contributed by atoms with E-state index in [1.165, 1.54) is 244 Å². The topological polar surface area (TPSA) is 78.9 Å². The Labute approximate surface area is 418 Å². The zero-order valence-corrected chi connectivity index (χ0v) is 45.5. The molecular formula is C61H116O6. The lowest BCUT2D eigenvalue weighted by molar-refractivity contribution is -0.167. The van der Waals surface area contributed by atoms with Crippen LogP contribution in [-0.4, -0.2) is 37.2 Å². The lowest BCUT2D eigenvalue weighted by atomic mass is 10.0. The molecule has 0 saturated carbocycles. The van der Waals surface area contributed by atoms with Crippen LogP contribution < -0.4 is 0 Å². The van der Waals surface area contributed by atoms with Crippen molar-refractivity contribution in [3.05, 3.63) is 12.2 Å². The first-order chi connectivity index (χ1) is 33.0. The van der Waals surface area contributed by atoms with Crippen molar-refractivity contribution in [3.63, 3.8) is 0 Å². The lowest BCUT2D eigenvalue weighted by Gasteiger charge is -2.18. The molecule has 1 unspecified atom stereocenters. The maximum absolute atomic E-state index is 12.8. The van der Waals surface area contributed by atoms with Crippen LogP contribution in [0.2, 0.25) is 0 Å². The highest BCUT2D eigenvalue weighted by atomic mass is 16.6. The van der Waals surface area contributed by atoms with Gasteiger partial charge in [-0.25, -0.2) is 0 Å². The molecule has 0 amide bonds. The van der Waals surface area contributed by atoms with Crippen molar-refractivity contribution in [2.24, 2.45) is 0 Å². The fraction of sp³-hybridized carbons (Fsp3) is 0.918. The Morgan fingerprint density at radius 3 is 0.746 bits per heavy atom. The van der Waals surface area contributed by atoms with Crippen LogP contribution in [0.25, 0.3) is 0 Å². The highest BCUT2D eigenvalue weighted by Gasteiger charge is 2.19. The quantitative estimate of drug-likeness (QED) is 0.0262. The fourth-order valence-corrected chi connectivity index (χ4v) is 9.21. The Kier molecular flexibility index (Phi) is 55.2. The van der Waals surface area contributed by atoms with Crippen LogP contribution in [0.5, 0.6) is 0 Å². The highest BCUT2D eigenvalue weighted by molar-refractivity contribution is 5.71. The summed E-state index contributed by atoms with van der Waals surface area (Å²) in [6.07, 6.45) is 65.3. The second-order valence-corrected chi connectivity index (χ2v) is 20.6. The lowest BCUT2D eigenvalue weighted by Crippen LogP contribution is -2.30. The van der Waals surface area contributed by atoms with Gasteiger partial charge in [0.25, 0.3) is 0 Å². The van der Waals surface area contributed by atoms with Crippen molar-refractivity contribution in [1.82, 2.24) is 0 Å². The predicted molar refractivity (Wildman–Crippen MR) is 289 cm³/mol. The molecule has 67 heavy (non-hydrogen) atoms. The number of carbonyl (C=O) groups excluding carboxylic acids is 3. The van der Waals surface area contributed by atoms with Crippen LogP contribution in [0.1, 0.15) is 342 Å². The average Bonchev–Trinajstić information content (AvgIpc) is 3.33. The number of hydrogen-bond donors (Lipinski definition) is 0.